The molecule has 0 aliphatic heterocycles. The van der Waals surface area contributed by atoms with Crippen LogP contribution in [0.4, 0.5) is 8.78 Å². The highest BCUT2D eigenvalue weighted by Gasteiger charge is 2.30. The molecular weight excluding hydrogens is 566 g/mol. The molecule has 0 aliphatic carbocycles. The van der Waals surface area contributed by atoms with E-state index in [0.717, 1.165) is 11.1 Å². The molecule has 4 aromatic rings. The van der Waals surface area contributed by atoms with E-state index in [1.54, 1.807) is 24.3 Å². The largest absolute Gasteiger partial charge is 0.481 e. The van der Waals surface area contributed by atoms with E-state index in [-0.39, 0.29) is 37.8 Å². The zero-order valence-electron chi connectivity index (χ0n) is 25.1. The van der Waals surface area contributed by atoms with Crippen molar-refractivity contribution in [3.63, 3.8) is 0 Å². The van der Waals surface area contributed by atoms with Gasteiger partial charge in [0.1, 0.15) is 17.3 Å². The highest BCUT2D eigenvalue weighted by molar-refractivity contribution is 6.05. The molecule has 0 saturated heterocycles. The van der Waals surface area contributed by atoms with Gasteiger partial charge < -0.3 is 25.2 Å². The number of nitrogens with one attached hydrogen (secondary N) is 1. The third kappa shape index (κ3) is 7.98. The van der Waals surface area contributed by atoms with Gasteiger partial charge >= 0.3 is 5.97 Å². The average molecular weight is 605 g/mol. The highest BCUT2D eigenvalue weighted by Crippen LogP contribution is 2.42. The summed E-state index contributed by atoms with van der Waals surface area (Å²) in [6, 6.07) is 19.3. The number of amides is 1. The van der Waals surface area contributed by atoms with Gasteiger partial charge in [-0.1, -0.05) is 54.1 Å². The van der Waals surface area contributed by atoms with E-state index in [1.165, 1.54) is 24.3 Å². The van der Waals surface area contributed by atoms with Gasteiger partial charge in [-0.25, -0.2) is 8.78 Å². The van der Waals surface area contributed by atoms with Crippen LogP contribution in [-0.4, -0.2) is 44.0 Å². The van der Waals surface area contributed by atoms with Gasteiger partial charge in [-0.05, 0) is 81.0 Å². The second-order valence-electron chi connectivity index (χ2n) is 11.4. The number of hydrogen-bond acceptors (Lipinski definition) is 4. The molecule has 7 nitrogen and oxygen atoms in total. The molecule has 4 rings (SSSR count). The molecule has 0 radical (unpaired) electrons. The number of nitrogens with zero attached hydrogens (tertiary/aromatic N) is 1. The fraction of sp³-hybridized carbons (Fsp3) is 0.314. The summed E-state index contributed by atoms with van der Waals surface area (Å²) in [5, 5.41) is 32.9. The molecule has 0 fully saturated rings. The predicted octanol–water partition coefficient (Wildman–Crippen LogP) is 6.44. The lowest BCUT2D eigenvalue weighted by atomic mass is 9.92. The number of carbonyl (C=O) groups excluding carboxylic acids is 1. The van der Waals surface area contributed by atoms with E-state index < -0.39 is 36.2 Å². The number of carbonyl (C=O) groups is 2. The molecule has 0 spiro atoms. The molecule has 1 aromatic heterocycles. The van der Waals surface area contributed by atoms with E-state index in [9.17, 15) is 28.6 Å². The van der Waals surface area contributed by atoms with Crippen LogP contribution < -0.4 is 5.32 Å². The number of aliphatic hydroxyl groups excluding tert-OH is 2. The second-order valence-corrected chi connectivity index (χ2v) is 11.4. The van der Waals surface area contributed by atoms with Crippen molar-refractivity contribution < 1.29 is 33.7 Å². The van der Waals surface area contributed by atoms with Gasteiger partial charge in [-0.15, -0.1) is 0 Å². The quantitative estimate of drug-likeness (QED) is 0.140. The van der Waals surface area contributed by atoms with Crippen molar-refractivity contribution in [2.75, 3.05) is 0 Å². The Hall–Kier alpha value is -4.34. The topological polar surface area (TPSA) is 112 Å². The van der Waals surface area contributed by atoms with Crippen molar-refractivity contribution in [2.45, 2.75) is 71.2 Å². The maximum absolute atomic E-state index is 14.1. The third-order valence-corrected chi connectivity index (χ3v) is 7.55. The molecule has 0 saturated carbocycles. The van der Waals surface area contributed by atoms with Crippen LogP contribution in [0.5, 0.6) is 0 Å². The van der Waals surface area contributed by atoms with Gasteiger partial charge in [-0.2, -0.15) is 0 Å². The minimum Gasteiger partial charge on any atom is -0.481 e. The van der Waals surface area contributed by atoms with Crippen molar-refractivity contribution in [1.29, 1.82) is 0 Å². The fourth-order valence-electron chi connectivity index (χ4n) is 5.49. The van der Waals surface area contributed by atoms with Crippen LogP contribution >= 0.6 is 0 Å². The van der Waals surface area contributed by atoms with E-state index in [2.05, 4.69) is 5.32 Å². The molecule has 232 valence electrons. The van der Waals surface area contributed by atoms with Gasteiger partial charge in [0.05, 0.1) is 18.6 Å². The Kier molecular flexibility index (Phi) is 10.7. The summed E-state index contributed by atoms with van der Waals surface area (Å²) < 4.78 is 30.0. The van der Waals surface area contributed by atoms with Crippen LogP contribution in [0.25, 0.3) is 22.3 Å². The summed E-state index contributed by atoms with van der Waals surface area (Å²) >= 11 is 0. The van der Waals surface area contributed by atoms with Crippen LogP contribution in [0.1, 0.15) is 66.5 Å². The molecule has 4 N–H and O–H groups in total. The van der Waals surface area contributed by atoms with E-state index in [1.807, 2.05) is 49.6 Å². The predicted molar refractivity (Wildman–Crippen MR) is 165 cm³/mol. The van der Waals surface area contributed by atoms with Crippen molar-refractivity contribution in [3.8, 4) is 22.3 Å². The summed E-state index contributed by atoms with van der Waals surface area (Å²) in [5.41, 5.74) is 5.45. The maximum atomic E-state index is 14.1. The first-order valence-corrected chi connectivity index (χ1v) is 14.6. The molecule has 0 bridgehead atoms. The highest BCUT2D eigenvalue weighted by atomic mass is 19.1. The summed E-state index contributed by atoms with van der Waals surface area (Å²) in [6.07, 6.45) is -2.43. The van der Waals surface area contributed by atoms with Gasteiger partial charge in [0, 0.05) is 29.4 Å². The van der Waals surface area contributed by atoms with Crippen molar-refractivity contribution in [3.05, 3.63) is 107 Å². The maximum Gasteiger partial charge on any atom is 0.305 e. The van der Waals surface area contributed by atoms with Crippen LogP contribution in [-0.2, 0) is 17.8 Å². The number of hydrogen-bond donors (Lipinski definition) is 4. The Morgan fingerprint density at radius 3 is 1.89 bits per heavy atom. The van der Waals surface area contributed by atoms with Crippen LogP contribution in [0.3, 0.4) is 0 Å². The van der Waals surface area contributed by atoms with Gasteiger partial charge in [-0.3, -0.25) is 9.59 Å². The molecule has 44 heavy (non-hydrogen) atoms. The molecular formula is C35H38F2N2O5. The lowest BCUT2D eigenvalue weighted by Gasteiger charge is -2.20. The van der Waals surface area contributed by atoms with Crippen molar-refractivity contribution in [1.82, 2.24) is 9.88 Å². The molecule has 2 atom stereocenters. The molecule has 1 heterocycles. The fourth-order valence-corrected chi connectivity index (χ4v) is 5.49. The van der Waals surface area contributed by atoms with E-state index in [4.69, 9.17) is 5.11 Å². The number of carboxylic acids is 1. The monoisotopic (exact) mass is 604 g/mol. The molecule has 0 unspecified atom stereocenters. The van der Waals surface area contributed by atoms with Gasteiger partial charge in [0.15, 0.2) is 0 Å². The van der Waals surface area contributed by atoms with E-state index in [0.29, 0.717) is 33.6 Å². The molecule has 0 aliphatic rings. The number of aromatic nitrogens is 1. The minimum absolute atomic E-state index is 0.130. The Morgan fingerprint density at radius 2 is 1.36 bits per heavy atom. The molecule has 3 aromatic carbocycles. The van der Waals surface area contributed by atoms with Crippen LogP contribution in [0.15, 0.2) is 72.8 Å². The first kappa shape index (κ1) is 32.6. The zero-order chi connectivity index (χ0) is 32.0. The summed E-state index contributed by atoms with van der Waals surface area (Å²) in [6.45, 7) is 6.11. The Labute approximate surface area is 255 Å². The van der Waals surface area contributed by atoms with Crippen LogP contribution in [0.2, 0.25) is 0 Å². The molecule has 1 amide bonds. The van der Waals surface area contributed by atoms with Crippen molar-refractivity contribution in [2.24, 2.45) is 0 Å². The number of aliphatic hydroxyl groups is 2. The van der Waals surface area contributed by atoms with Gasteiger partial charge in [0.2, 0.25) is 0 Å². The number of aryl methyl sites for hydroxylation is 1. The third-order valence-electron chi connectivity index (χ3n) is 7.55. The zero-order valence-corrected chi connectivity index (χ0v) is 25.1. The number of carboxylic acid groups (broad SMARTS) is 1. The number of rotatable bonds is 13. The first-order valence-electron chi connectivity index (χ1n) is 14.6. The smallest absolute Gasteiger partial charge is 0.305 e. The first-order chi connectivity index (χ1) is 20.9. The van der Waals surface area contributed by atoms with Gasteiger partial charge in [0.25, 0.3) is 5.91 Å². The minimum atomic E-state index is -1.21. The summed E-state index contributed by atoms with van der Waals surface area (Å²) in [5.74, 6) is -2.39. The number of benzene rings is 3. The Bertz CT molecular complexity index is 1580. The number of aliphatic carboxylic acids is 1. The van der Waals surface area contributed by atoms with Crippen LogP contribution in [0, 0.1) is 18.6 Å². The second kappa shape index (κ2) is 14.4. The SMILES string of the molecule is Cc1ccc(CNC(=O)c2c(-c3ccc(F)cc3)c(-c3ccc(F)cc3)c(CC[C@@H](O)C[C@@H](O)CC(=O)O)n2C(C)C)cc1. The summed E-state index contributed by atoms with van der Waals surface area (Å²) in [7, 11) is 0. The standard InChI is InChI=1S/C35H38F2N2O5/c1-21(2)39-30(17-16-28(40)18-29(41)19-31(42)43)32(24-8-12-26(36)13-9-24)33(25-10-14-27(37)15-11-25)34(39)35(44)38-20-23-6-4-22(3)5-7-23/h4-15,21,28-29,40-41H,16-20H2,1-3H3,(H,38,44)(H,42,43)/t28-,29-/m1/s1. The number of halogens is 2. The van der Waals surface area contributed by atoms with Crippen molar-refractivity contribution >= 4 is 11.9 Å². The lowest BCUT2D eigenvalue weighted by molar-refractivity contribution is -0.139. The lowest BCUT2D eigenvalue weighted by Crippen LogP contribution is -2.27. The Balaban J connectivity index is 1.86. The summed E-state index contributed by atoms with van der Waals surface area (Å²) in [4.78, 5) is 25.1. The molecule has 9 heteroatoms. The Morgan fingerprint density at radius 1 is 0.818 bits per heavy atom. The van der Waals surface area contributed by atoms with E-state index >= 15 is 0 Å². The normalized spacial score (nSPS) is 12.7. The average Bonchev–Trinajstić information content (AvgIpc) is 3.31.